The molecule has 162 valence electrons. The molecular formula is C29H28O3. The molecule has 0 saturated heterocycles. The summed E-state index contributed by atoms with van der Waals surface area (Å²) in [5, 5.41) is 4.92. The molecule has 4 aromatic rings. The quantitative estimate of drug-likeness (QED) is 0.252. The van der Waals surface area contributed by atoms with Crippen molar-refractivity contribution in [1.29, 1.82) is 0 Å². The predicted octanol–water partition coefficient (Wildman–Crippen LogP) is 7.16. The van der Waals surface area contributed by atoms with E-state index in [0.717, 1.165) is 25.0 Å². The van der Waals surface area contributed by atoms with Crippen LogP contribution in [0.1, 0.15) is 49.7 Å². The van der Waals surface area contributed by atoms with E-state index in [0.29, 0.717) is 6.61 Å². The van der Waals surface area contributed by atoms with Gasteiger partial charge in [0.15, 0.2) is 0 Å². The van der Waals surface area contributed by atoms with Crippen molar-refractivity contribution in [2.24, 2.45) is 0 Å². The van der Waals surface area contributed by atoms with E-state index in [1.54, 1.807) is 0 Å². The van der Waals surface area contributed by atoms with Crippen LogP contribution in [0.4, 0.5) is 0 Å². The standard InChI is InChI=1S/C29H28O3/c1-20(30)32-29-13-7-6-12-27(29)21-14-16-24(17-15-21)31-19-28-25-10-4-2-8-22(25)18-23-9-3-5-11-26(23)28/h2-5,8-11,14-18,27,29H,6-7,12-13,19H2,1H3/t27-,29+/m1/s1. The maximum atomic E-state index is 11.5. The Hall–Kier alpha value is -3.33. The predicted molar refractivity (Wildman–Crippen MR) is 129 cm³/mol. The number of fused-ring (bicyclic) bond motifs is 2. The molecule has 2 atom stereocenters. The number of hydrogen-bond acceptors (Lipinski definition) is 3. The van der Waals surface area contributed by atoms with Gasteiger partial charge in [0.2, 0.25) is 0 Å². The molecule has 0 aromatic heterocycles. The third-order valence-corrected chi connectivity index (χ3v) is 6.59. The molecule has 0 amide bonds. The summed E-state index contributed by atoms with van der Waals surface area (Å²) in [7, 11) is 0. The fraction of sp³-hybridized carbons (Fsp3) is 0.276. The average Bonchev–Trinajstić information content (AvgIpc) is 2.82. The second-order valence-electron chi connectivity index (χ2n) is 8.69. The molecule has 5 rings (SSSR count). The summed E-state index contributed by atoms with van der Waals surface area (Å²) in [6.07, 6.45) is 4.27. The summed E-state index contributed by atoms with van der Waals surface area (Å²) < 4.78 is 11.9. The minimum atomic E-state index is -0.191. The van der Waals surface area contributed by atoms with Gasteiger partial charge in [-0.05, 0) is 64.6 Å². The van der Waals surface area contributed by atoms with Crippen LogP contribution in [0.25, 0.3) is 21.5 Å². The molecule has 1 fully saturated rings. The molecule has 0 radical (unpaired) electrons. The largest absolute Gasteiger partial charge is 0.489 e. The first-order valence-electron chi connectivity index (χ1n) is 11.5. The molecule has 1 aliphatic rings. The first-order valence-corrected chi connectivity index (χ1v) is 11.5. The van der Waals surface area contributed by atoms with E-state index < -0.39 is 0 Å². The number of carbonyl (C=O) groups is 1. The molecule has 0 N–H and O–H groups in total. The van der Waals surface area contributed by atoms with Crippen LogP contribution >= 0.6 is 0 Å². The Kier molecular flexibility index (Phi) is 5.81. The minimum absolute atomic E-state index is 0.0185. The highest BCUT2D eigenvalue weighted by Crippen LogP contribution is 2.36. The van der Waals surface area contributed by atoms with Crippen molar-refractivity contribution < 1.29 is 14.3 Å². The van der Waals surface area contributed by atoms with E-state index in [1.807, 2.05) is 12.1 Å². The van der Waals surface area contributed by atoms with Crippen LogP contribution in [0.2, 0.25) is 0 Å². The summed E-state index contributed by atoms with van der Waals surface area (Å²) in [6, 6.07) is 27.6. The van der Waals surface area contributed by atoms with Gasteiger partial charge in [0, 0.05) is 18.4 Å². The smallest absolute Gasteiger partial charge is 0.302 e. The van der Waals surface area contributed by atoms with Crippen molar-refractivity contribution in [1.82, 2.24) is 0 Å². The monoisotopic (exact) mass is 424 g/mol. The highest BCUT2D eigenvalue weighted by molar-refractivity contribution is 6.02. The van der Waals surface area contributed by atoms with Crippen LogP contribution in [0.5, 0.6) is 5.75 Å². The molecule has 4 aromatic carbocycles. The molecule has 0 aliphatic heterocycles. The van der Waals surface area contributed by atoms with Crippen LogP contribution in [-0.4, -0.2) is 12.1 Å². The maximum Gasteiger partial charge on any atom is 0.302 e. The highest BCUT2D eigenvalue weighted by Gasteiger charge is 2.28. The third-order valence-electron chi connectivity index (χ3n) is 6.59. The summed E-state index contributed by atoms with van der Waals surface area (Å²) >= 11 is 0. The van der Waals surface area contributed by atoms with E-state index in [9.17, 15) is 4.79 Å². The van der Waals surface area contributed by atoms with Gasteiger partial charge < -0.3 is 9.47 Å². The van der Waals surface area contributed by atoms with Gasteiger partial charge in [-0.15, -0.1) is 0 Å². The van der Waals surface area contributed by atoms with Crippen molar-refractivity contribution in [3.05, 3.63) is 90.0 Å². The van der Waals surface area contributed by atoms with Gasteiger partial charge in [-0.2, -0.15) is 0 Å². The van der Waals surface area contributed by atoms with Crippen LogP contribution in [-0.2, 0) is 16.1 Å². The molecular weight excluding hydrogens is 396 g/mol. The van der Waals surface area contributed by atoms with Gasteiger partial charge >= 0.3 is 5.97 Å². The number of esters is 1. The van der Waals surface area contributed by atoms with Gasteiger partial charge in [-0.25, -0.2) is 0 Å². The van der Waals surface area contributed by atoms with Crippen molar-refractivity contribution in [2.45, 2.75) is 51.2 Å². The normalized spacial score (nSPS) is 18.5. The number of carbonyl (C=O) groups excluding carboxylic acids is 1. The SMILES string of the molecule is CC(=O)O[C@H]1CCCC[C@@H]1c1ccc(OCc2c3ccccc3cc3ccccc23)cc1. The molecule has 32 heavy (non-hydrogen) atoms. The lowest BCUT2D eigenvalue weighted by atomic mass is 9.81. The number of hydrogen-bond donors (Lipinski definition) is 0. The molecule has 0 heterocycles. The number of benzene rings is 4. The molecule has 0 unspecified atom stereocenters. The van der Waals surface area contributed by atoms with E-state index in [2.05, 4.69) is 66.7 Å². The molecule has 1 saturated carbocycles. The van der Waals surface area contributed by atoms with Gasteiger partial charge in [0.1, 0.15) is 18.5 Å². The van der Waals surface area contributed by atoms with Crippen LogP contribution < -0.4 is 4.74 Å². The third kappa shape index (κ3) is 4.20. The first kappa shape index (κ1) is 20.6. The molecule has 1 aliphatic carbocycles. The summed E-state index contributed by atoms with van der Waals surface area (Å²) in [6.45, 7) is 2.01. The van der Waals surface area contributed by atoms with Gasteiger partial charge in [0.25, 0.3) is 0 Å². The fourth-order valence-corrected chi connectivity index (χ4v) is 5.06. The van der Waals surface area contributed by atoms with Crippen molar-refractivity contribution >= 4 is 27.5 Å². The molecule has 0 spiro atoms. The van der Waals surface area contributed by atoms with Gasteiger partial charge in [0.05, 0.1) is 0 Å². The summed E-state index contributed by atoms with van der Waals surface area (Å²) in [4.78, 5) is 11.5. The summed E-state index contributed by atoms with van der Waals surface area (Å²) in [5.41, 5.74) is 2.43. The van der Waals surface area contributed by atoms with E-state index >= 15 is 0 Å². The van der Waals surface area contributed by atoms with E-state index in [4.69, 9.17) is 9.47 Å². The first-order chi connectivity index (χ1) is 15.7. The van der Waals surface area contributed by atoms with Gasteiger partial charge in [-0.1, -0.05) is 67.1 Å². The number of ether oxygens (including phenoxy) is 2. The van der Waals surface area contributed by atoms with Crippen molar-refractivity contribution in [3.63, 3.8) is 0 Å². The summed E-state index contributed by atoms with van der Waals surface area (Å²) in [5.74, 6) is 0.929. The van der Waals surface area contributed by atoms with Crippen LogP contribution in [0.15, 0.2) is 78.9 Å². The highest BCUT2D eigenvalue weighted by atomic mass is 16.5. The van der Waals surface area contributed by atoms with Crippen molar-refractivity contribution in [3.8, 4) is 5.75 Å². The Labute approximate surface area is 189 Å². The second-order valence-corrected chi connectivity index (χ2v) is 8.69. The van der Waals surface area contributed by atoms with Crippen LogP contribution in [0, 0.1) is 0 Å². The van der Waals surface area contributed by atoms with E-state index in [1.165, 1.54) is 46.0 Å². The minimum Gasteiger partial charge on any atom is -0.489 e. The zero-order chi connectivity index (χ0) is 21.9. The maximum absolute atomic E-state index is 11.5. The van der Waals surface area contributed by atoms with Gasteiger partial charge in [-0.3, -0.25) is 4.79 Å². The average molecular weight is 425 g/mol. The molecule has 3 nitrogen and oxygen atoms in total. The Morgan fingerprint density at radius 1 is 0.844 bits per heavy atom. The molecule has 3 heteroatoms. The lowest BCUT2D eigenvalue weighted by molar-refractivity contribution is -0.148. The van der Waals surface area contributed by atoms with Crippen LogP contribution in [0.3, 0.4) is 0 Å². The second kappa shape index (κ2) is 9.04. The zero-order valence-electron chi connectivity index (χ0n) is 18.4. The Morgan fingerprint density at radius 2 is 1.47 bits per heavy atom. The Morgan fingerprint density at radius 3 is 2.12 bits per heavy atom. The number of rotatable bonds is 5. The molecule has 0 bridgehead atoms. The van der Waals surface area contributed by atoms with E-state index in [-0.39, 0.29) is 18.0 Å². The zero-order valence-corrected chi connectivity index (χ0v) is 18.4. The van der Waals surface area contributed by atoms with Crippen molar-refractivity contribution in [2.75, 3.05) is 0 Å². The lowest BCUT2D eigenvalue weighted by Gasteiger charge is -2.31. The topological polar surface area (TPSA) is 35.5 Å². The lowest BCUT2D eigenvalue weighted by Crippen LogP contribution is -2.27. The Bertz CT molecular complexity index is 1190. The fourth-order valence-electron chi connectivity index (χ4n) is 5.06. The Balaban J connectivity index is 1.38.